The molecule has 4 nitrogen and oxygen atoms in total. The van der Waals surface area contributed by atoms with Crippen LogP contribution < -0.4 is 0 Å². The van der Waals surface area contributed by atoms with Gasteiger partial charge in [0.1, 0.15) is 11.6 Å². The molecule has 1 aliphatic rings. The summed E-state index contributed by atoms with van der Waals surface area (Å²) in [6.07, 6.45) is 0. The molecular weight excluding hydrogens is 581 g/mol. The summed E-state index contributed by atoms with van der Waals surface area (Å²) in [5.41, 5.74) is 0.413. The van der Waals surface area contributed by atoms with Gasteiger partial charge in [0, 0.05) is 11.4 Å². The van der Waals surface area contributed by atoms with Crippen LogP contribution in [0, 0.1) is 23.8 Å². The topological polar surface area (TPSA) is 59.9 Å². The minimum atomic E-state index is -0.874. The van der Waals surface area contributed by atoms with E-state index in [2.05, 4.69) is 22.1 Å². The van der Waals surface area contributed by atoms with Crippen molar-refractivity contribution in [2.75, 3.05) is 0 Å². The third-order valence-corrected chi connectivity index (χ3v) is 4.74. The number of fused-ring (bicyclic) bond motifs is 10. The fourth-order valence-electron chi connectivity index (χ4n) is 3.28. The molecule has 2 aromatic heterocycles. The second kappa shape index (κ2) is 8.04. The van der Waals surface area contributed by atoms with Gasteiger partial charge in [-0.25, -0.2) is 0 Å². The van der Waals surface area contributed by atoms with Crippen LogP contribution in [0.25, 0.3) is 22.5 Å². The Bertz CT molecular complexity index is 1280. The van der Waals surface area contributed by atoms with Crippen LogP contribution in [0.3, 0.4) is 0 Å². The van der Waals surface area contributed by atoms with E-state index in [4.69, 9.17) is 0 Å². The van der Waals surface area contributed by atoms with Gasteiger partial charge in [0.2, 0.25) is 0 Å². The molecule has 31 heavy (non-hydrogen) atoms. The fraction of sp³-hybridized carbons (Fsp3) is 0. The van der Waals surface area contributed by atoms with Crippen molar-refractivity contribution >= 4 is 11.6 Å². The molecule has 0 atom stereocenters. The van der Waals surface area contributed by atoms with Crippen LogP contribution in [0.4, 0.5) is 8.78 Å². The van der Waals surface area contributed by atoms with Gasteiger partial charge < -0.3 is 9.59 Å². The number of carbonyl (C=O) groups is 2. The van der Waals surface area contributed by atoms with Crippen LogP contribution in [0.15, 0.2) is 60.7 Å². The van der Waals surface area contributed by atoms with Crippen molar-refractivity contribution in [1.82, 2.24) is 9.97 Å². The number of aromatic nitrogens is 2. The van der Waals surface area contributed by atoms with Gasteiger partial charge in [-0.1, -0.05) is 52.6 Å². The maximum Gasteiger partial charge on any atom is 2.00 e. The molecule has 2 aromatic carbocycles. The molecular formula is C24H10F2N2O2Pt. The average molecular weight is 591 g/mol. The number of hydrogen-bond acceptors (Lipinski definition) is 4. The Morgan fingerprint density at radius 1 is 0.613 bits per heavy atom. The number of carbonyl (C=O) groups excluding carboxylic acids is 2. The zero-order chi connectivity index (χ0) is 20.8. The molecule has 0 spiro atoms. The maximum absolute atomic E-state index is 14.6. The van der Waals surface area contributed by atoms with Gasteiger partial charge in [-0.05, 0) is 12.1 Å². The zero-order valence-electron chi connectivity index (χ0n) is 15.6. The number of nitrogens with zero attached hydrogens (tertiary/aromatic N) is 2. The average Bonchev–Trinajstić information content (AvgIpc) is 2.78. The van der Waals surface area contributed by atoms with E-state index < -0.39 is 23.2 Å². The smallest absolute Gasteiger partial charge is 0.333 e. The van der Waals surface area contributed by atoms with E-state index in [1.807, 2.05) is 0 Å². The van der Waals surface area contributed by atoms with Crippen molar-refractivity contribution in [3.63, 3.8) is 0 Å². The van der Waals surface area contributed by atoms with Crippen molar-refractivity contribution in [3.05, 3.63) is 107 Å². The van der Waals surface area contributed by atoms with Crippen molar-refractivity contribution in [2.45, 2.75) is 0 Å². The molecule has 0 N–H and O–H groups in total. The van der Waals surface area contributed by atoms with E-state index in [1.165, 1.54) is 36.4 Å². The Morgan fingerprint density at radius 3 is 1.52 bits per heavy atom. The van der Waals surface area contributed by atoms with Crippen LogP contribution in [0.5, 0.6) is 0 Å². The molecule has 0 radical (unpaired) electrons. The number of rotatable bonds is 0. The molecule has 8 bridgehead atoms. The van der Waals surface area contributed by atoms with Gasteiger partial charge in [0.15, 0.2) is 0 Å². The largest absolute Gasteiger partial charge is 2.00 e. The summed E-state index contributed by atoms with van der Waals surface area (Å²) in [5.74, 6) is -2.71. The number of pyridine rings is 2. The van der Waals surface area contributed by atoms with E-state index in [-0.39, 0.29) is 66.1 Å². The Morgan fingerprint density at radius 2 is 1.03 bits per heavy atom. The van der Waals surface area contributed by atoms with E-state index in [0.717, 1.165) is 6.07 Å². The first-order valence-electron chi connectivity index (χ1n) is 8.99. The second-order valence-electron chi connectivity index (χ2n) is 6.67. The predicted octanol–water partition coefficient (Wildman–Crippen LogP) is 4.46. The first-order valence-corrected chi connectivity index (χ1v) is 8.99. The third kappa shape index (κ3) is 3.64. The van der Waals surface area contributed by atoms with Gasteiger partial charge in [-0.15, -0.1) is 30.3 Å². The number of halogens is 2. The SMILES string of the molecule is O=C1c2[c-]c(ccc2)C(=O)c2cccc(n2)-c2[c-]c(c(F)cc2F)-c2cccc1n2.[Pt+2]. The van der Waals surface area contributed by atoms with Crippen LogP contribution >= 0.6 is 0 Å². The van der Waals surface area contributed by atoms with Crippen LogP contribution in [0.1, 0.15) is 32.1 Å². The predicted molar refractivity (Wildman–Crippen MR) is 104 cm³/mol. The van der Waals surface area contributed by atoms with Crippen molar-refractivity contribution < 1.29 is 39.4 Å². The van der Waals surface area contributed by atoms with Crippen molar-refractivity contribution in [2.24, 2.45) is 0 Å². The van der Waals surface area contributed by atoms with Crippen LogP contribution in [-0.2, 0) is 21.1 Å². The van der Waals surface area contributed by atoms with Gasteiger partial charge in [0.05, 0.1) is 23.0 Å². The summed E-state index contributed by atoms with van der Waals surface area (Å²) in [6.45, 7) is 0. The molecule has 152 valence electrons. The summed E-state index contributed by atoms with van der Waals surface area (Å²) in [6, 6.07) is 19.9. The van der Waals surface area contributed by atoms with E-state index in [1.54, 1.807) is 18.2 Å². The first kappa shape index (κ1) is 20.9. The quantitative estimate of drug-likeness (QED) is 0.250. The van der Waals surface area contributed by atoms with Gasteiger partial charge in [-0.3, -0.25) is 18.7 Å². The molecule has 5 rings (SSSR count). The van der Waals surface area contributed by atoms with Crippen molar-refractivity contribution in [3.8, 4) is 22.5 Å². The second-order valence-corrected chi connectivity index (χ2v) is 6.67. The third-order valence-electron chi connectivity index (χ3n) is 4.74. The normalized spacial score (nSPS) is 12.1. The molecule has 1 aliphatic heterocycles. The molecule has 4 aromatic rings. The molecule has 0 aliphatic carbocycles. The van der Waals surface area contributed by atoms with Crippen LogP contribution in [0.2, 0.25) is 0 Å². The van der Waals surface area contributed by atoms with Crippen molar-refractivity contribution in [1.29, 1.82) is 0 Å². The number of benzene rings is 2. The molecule has 0 saturated heterocycles. The Hall–Kier alpha value is -3.37. The Kier molecular flexibility index (Phi) is 5.42. The van der Waals surface area contributed by atoms with Gasteiger partial charge >= 0.3 is 21.1 Å². The van der Waals surface area contributed by atoms with Gasteiger partial charge in [-0.2, -0.15) is 0 Å². The summed E-state index contributed by atoms with van der Waals surface area (Å²) < 4.78 is 29.1. The number of hydrogen-bond donors (Lipinski definition) is 0. The summed E-state index contributed by atoms with van der Waals surface area (Å²) in [5, 5.41) is 0. The minimum absolute atomic E-state index is 0. The summed E-state index contributed by atoms with van der Waals surface area (Å²) >= 11 is 0. The molecule has 0 unspecified atom stereocenters. The Balaban J connectivity index is 0.00000231. The molecule has 0 saturated carbocycles. The minimum Gasteiger partial charge on any atom is -0.333 e. The van der Waals surface area contributed by atoms with E-state index in [0.29, 0.717) is 0 Å². The van der Waals surface area contributed by atoms with Crippen LogP contribution in [-0.4, -0.2) is 21.5 Å². The monoisotopic (exact) mass is 591 g/mol. The molecule has 0 amide bonds. The van der Waals surface area contributed by atoms with E-state index >= 15 is 0 Å². The number of ketones is 2. The molecule has 0 fully saturated rings. The Labute approximate surface area is 190 Å². The fourth-order valence-corrected chi connectivity index (χ4v) is 3.28. The maximum atomic E-state index is 14.6. The standard InChI is InChI=1S/C24H10F2N2O2.Pt/c25-17-12-18(26)16-11-15(17)19-6-2-8-21(27-19)23(29)13-4-1-5-14(10-13)24(30)22-9-3-7-20(16)28-22;/h1-9,12H;/q-2;+2. The molecule has 7 heteroatoms. The van der Waals surface area contributed by atoms with Gasteiger partial charge in [0.25, 0.3) is 0 Å². The molecule has 3 heterocycles. The summed E-state index contributed by atoms with van der Waals surface area (Å²) in [7, 11) is 0. The summed E-state index contributed by atoms with van der Waals surface area (Å²) in [4.78, 5) is 34.3. The van der Waals surface area contributed by atoms with E-state index in [9.17, 15) is 18.4 Å². The first-order chi connectivity index (χ1) is 14.5. The zero-order valence-corrected chi connectivity index (χ0v) is 17.8.